The van der Waals surface area contributed by atoms with Crippen LogP contribution in [0.4, 0.5) is 10.1 Å². The highest BCUT2D eigenvalue weighted by molar-refractivity contribution is 8.15. The Hall–Kier alpha value is -3.85. The largest absolute Gasteiger partial charge is 0.497 e. The van der Waals surface area contributed by atoms with Crippen LogP contribution in [0.2, 0.25) is 0 Å². The van der Waals surface area contributed by atoms with Crippen molar-refractivity contribution < 1.29 is 23.5 Å². The molecular formula is C27H26FN3O4S. The summed E-state index contributed by atoms with van der Waals surface area (Å²) in [5.41, 5.74) is 2.36. The molecule has 2 amide bonds. The zero-order valence-corrected chi connectivity index (χ0v) is 20.8. The molecule has 0 radical (unpaired) electrons. The zero-order valence-electron chi connectivity index (χ0n) is 19.9. The number of methoxy groups -OCH3 is 2. The van der Waals surface area contributed by atoms with E-state index in [1.165, 1.54) is 36.0 Å². The van der Waals surface area contributed by atoms with E-state index < -0.39 is 5.25 Å². The summed E-state index contributed by atoms with van der Waals surface area (Å²) < 4.78 is 23.6. The molecule has 4 rings (SSSR count). The molecular weight excluding hydrogens is 481 g/mol. The maximum Gasteiger partial charge on any atom is 0.242 e. The van der Waals surface area contributed by atoms with E-state index in [4.69, 9.17) is 14.5 Å². The van der Waals surface area contributed by atoms with Gasteiger partial charge in [-0.25, -0.2) is 4.39 Å². The number of carbonyl (C=O) groups is 2. The van der Waals surface area contributed by atoms with Gasteiger partial charge < -0.3 is 14.8 Å². The van der Waals surface area contributed by atoms with Crippen molar-refractivity contribution >= 4 is 34.4 Å². The van der Waals surface area contributed by atoms with Gasteiger partial charge in [-0.2, -0.15) is 0 Å². The molecule has 1 heterocycles. The van der Waals surface area contributed by atoms with Crippen LogP contribution in [0.1, 0.15) is 17.5 Å². The molecule has 1 atom stereocenters. The van der Waals surface area contributed by atoms with E-state index >= 15 is 0 Å². The first kappa shape index (κ1) is 25.2. The summed E-state index contributed by atoms with van der Waals surface area (Å²) in [6, 6.07) is 20.5. The number of halogens is 1. The van der Waals surface area contributed by atoms with E-state index in [1.807, 2.05) is 48.5 Å². The molecule has 1 aliphatic rings. The number of nitrogens with zero attached hydrogens (tertiary/aromatic N) is 2. The van der Waals surface area contributed by atoms with Crippen LogP contribution in [0.25, 0.3) is 0 Å². The number of amides is 2. The van der Waals surface area contributed by atoms with Gasteiger partial charge in [0.05, 0.1) is 27.3 Å². The molecule has 36 heavy (non-hydrogen) atoms. The Kier molecular flexibility index (Phi) is 8.22. The van der Waals surface area contributed by atoms with Crippen molar-refractivity contribution in [3.05, 3.63) is 89.7 Å². The molecule has 9 heteroatoms. The van der Waals surface area contributed by atoms with E-state index in [0.717, 1.165) is 22.6 Å². The predicted octanol–water partition coefficient (Wildman–Crippen LogP) is 4.87. The SMILES string of the molecule is COc1ccc(CN=C2S[C@@H](CC(=O)Nc3ccc(F)cc3)C(=O)N2Cc2ccc(OC)cc2)cc1. The van der Waals surface area contributed by atoms with Gasteiger partial charge in [0.2, 0.25) is 11.8 Å². The molecule has 1 aliphatic heterocycles. The van der Waals surface area contributed by atoms with Crippen LogP contribution in [0.5, 0.6) is 11.5 Å². The molecule has 0 saturated carbocycles. The molecule has 1 saturated heterocycles. The smallest absolute Gasteiger partial charge is 0.242 e. The number of rotatable bonds is 9. The van der Waals surface area contributed by atoms with Gasteiger partial charge >= 0.3 is 0 Å². The lowest BCUT2D eigenvalue weighted by Gasteiger charge is -2.17. The predicted molar refractivity (Wildman–Crippen MR) is 139 cm³/mol. The second kappa shape index (κ2) is 11.7. The fraction of sp³-hybridized carbons (Fsp3) is 0.222. The fourth-order valence-corrected chi connectivity index (χ4v) is 4.76. The van der Waals surface area contributed by atoms with Crippen molar-refractivity contribution in [1.29, 1.82) is 0 Å². The zero-order chi connectivity index (χ0) is 25.5. The summed E-state index contributed by atoms with van der Waals surface area (Å²) in [6.45, 7) is 0.709. The van der Waals surface area contributed by atoms with Gasteiger partial charge in [0.15, 0.2) is 5.17 Å². The van der Waals surface area contributed by atoms with Crippen molar-refractivity contribution in [2.45, 2.75) is 24.8 Å². The quantitative estimate of drug-likeness (QED) is 0.447. The van der Waals surface area contributed by atoms with Gasteiger partial charge in [-0.15, -0.1) is 0 Å². The van der Waals surface area contributed by atoms with E-state index in [0.29, 0.717) is 23.9 Å². The molecule has 0 spiro atoms. The van der Waals surface area contributed by atoms with Gasteiger partial charge in [-0.1, -0.05) is 36.0 Å². The van der Waals surface area contributed by atoms with Crippen LogP contribution in [0.3, 0.4) is 0 Å². The molecule has 3 aromatic rings. The maximum absolute atomic E-state index is 13.3. The second-order valence-electron chi connectivity index (χ2n) is 8.09. The Bertz CT molecular complexity index is 1230. The van der Waals surface area contributed by atoms with Gasteiger partial charge in [-0.05, 0) is 59.7 Å². The minimum atomic E-state index is -0.613. The number of hydrogen-bond donors (Lipinski definition) is 1. The summed E-state index contributed by atoms with van der Waals surface area (Å²) >= 11 is 1.28. The average Bonchev–Trinajstić information content (AvgIpc) is 3.18. The van der Waals surface area contributed by atoms with E-state index in [-0.39, 0.29) is 24.1 Å². The van der Waals surface area contributed by atoms with Crippen LogP contribution in [0.15, 0.2) is 77.8 Å². The van der Waals surface area contributed by atoms with Crippen molar-refractivity contribution in [3.63, 3.8) is 0 Å². The highest BCUT2D eigenvalue weighted by Crippen LogP contribution is 2.32. The van der Waals surface area contributed by atoms with E-state index in [9.17, 15) is 14.0 Å². The fourth-order valence-electron chi connectivity index (χ4n) is 3.62. The van der Waals surface area contributed by atoms with Crippen LogP contribution in [-0.2, 0) is 22.7 Å². The van der Waals surface area contributed by atoms with Gasteiger partial charge in [-0.3, -0.25) is 19.5 Å². The molecule has 7 nitrogen and oxygen atoms in total. The summed E-state index contributed by atoms with van der Waals surface area (Å²) in [5.74, 6) is 0.586. The average molecular weight is 508 g/mol. The number of ether oxygens (including phenoxy) is 2. The van der Waals surface area contributed by atoms with Crippen molar-refractivity contribution in [2.75, 3.05) is 19.5 Å². The lowest BCUT2D eigenvalue weighted by Crippen LogP contribution is -2.33. The lowest BCUT2D eigenvalue weighted by atomic mass is 10.2. The number of amidine groups is 1. The molecule has 1 N–H and O–H groups in total. The third-order valence-electron chi connectivity index (χ3n) is 5.57. The molecule has 1 fully saturated rings. The van der Waals surface area contributed by atoms with E-state index in [2.05, 4.69) is 5.32 Å². The minimum absolute atomic E-state index is 0.0262. The monoisotopic (exact) mass is 507 g/mol. The number of thioether (sulfide) groups is 1. The van der Waals surface area contributed by atoms with E-state index in [1.54, 1.807) is 19.1 Å². The normalized spacial score (nSPS) is 16.3. The second-order valence-corrected chi connectivity index (χ2v) is 9.25. The Morgan fingerprint density at radius 2 is 1.53 bits per heavy atom. The molecule has 0 aromatic heterocycles. The Balaban J connectivity index is 1.50. The number of hydrogen-bond acceptors (Lipinski definition) is 6. The number of anilines is 1. The summed E-state index contributed by atoms with van der Waals surface area (Å²) in [7, 11) is 3.21. The van der Waals surface area contributed by atoms with Gasteiger partial charge in [0.1, 0.15) is 22.6 Å². The molecule has 0 bridgehead atoms. The van der Waals surface area contributed by atoms with Gasteiger partial charge in [0, 0.05) is 12.1 Å². The number of benzene rings is 3. The minimum Gasteiger partial charge on any atom is -0.497 e. The molecule has 0 unspecified atom stereocenters. The molecule has 0 aliphatic carbocycles. The Morgan fingerprint density at radius 3 is 2.11 bits per heavy atom. The third kappa shape index (κ3) is 6.42. The third-order valence-corrected chi connectivity index (χ3v) is 6.79. The van der Waals surface area contributed by atoms with Crippen LogP contribution < -0.4 is 14.8 Å². The molecule has 186 valence electrons. The number of aliphatic imine (C=N–C) groups is 1. The maximum atomic E-state index is 13.3. The van der Waals surface area contributed by atoms with Crippen LogP contribution in [-0.4, -0.2) is 41.4 Å². The molecule has 3 aromatic carbocycles. The summed E-state index contributed by atoms with van der Waals surface area (Å²) in [5, 5.41) is 2.67. The lowest BCUT2D eigenvalue weighted by molar-refractivity contribution is -0.128. The first-order chi connectivity index (χ1) is 17.4. The number of carbonyl (C=O) groups excluding carboxylic acids is 2. The van der Waals surface area contributed by atoms with Crippen molar-refractivity contribution in [2.24, 2.45) is 4.99 Å². The van der Waals surface area contributed by atoms with Crippen molar-refractivity contribution in [1.82, 2.24) is 4.90 Å². The van der Waals surface area contributed by atoms with Crippen LogP contribution in [0, 0.1) is 5.82 Å². The Labute approximate surface area is 213 Å². The summed E-state index contributed by atoms with van der Waals surface area (Å²) in [4.78, 5) is 32.3. The summed E-state index contributed by atoms with van der Waals surface area (Å²) in [6.07, 6.45) is -0.0262. The standard InChI is InChI=1S/C27H26FN3O4S/c1-34-22-11-3-18(4-12-22)16-29-27-31(17-19-5-13-23(35-2)14-6-19)26(33)24(36-27)15-25(32)30-21-9-7-20(28)8-10-21/h3-14,24H,15-17H2,1-2H3,(H,30,32)/t24-/m0/s1. The first-order valence-electron chi connectivity index (χ1n) is 11.3. The van der Waals surface area contributed by atoms with Crippen molar-refractivity contribution in [3.8, 4) is 11.5 Å². The highest BCUT2D eigenvalue weighted by Gasteiger charge is 2.39. The van der Waals surface area contributed by atoms with Gasteiger partial charge in [0.25, 0.3) is 0 Å². The number of nitrogens with one attached hydrogen (secondary N) is 1. The topological polar surface area (TPSA) is 80.2 Å². The highest BCUT2D eigenvalue weighted by atomic mass is 32.2. The first-order valence-corrected chi connectivity index (χ1v) is 12.2. The van der Waals surface area contributed by atoms with Crippen LogP contribution >= 0.6 is 11.8 Å². The Morgan fingerprint density at radius 1 is 0.944 bits per heavy atom.